The van der Waals surface area contributed by atoms with Gasteiger partial charge in [0, 0.05) is 24.1 Å². The van der Waals surface area contributed by atoms with Crippen LogP contribution in [-0.2, 0) is 9.59 Å². The van der Waals surface area contributed by atoms with Crippen LogP contribution >= 0.6 is 0 Å². The largest absolute Gasteiger partial charge is 0.478 e. The third kappa shape index (κ3) is 5.09. The van der Waals surface area contributed by atoms with Gasteiger partial charge in [0.05, 0.1) is 5.56 Å². The van der Waals surface area contributed by atoms with Crippen molar-refractivity contribution in [2.24, 2.45) is 17.6 Å². The number of carbonyl (C=O) groups is 3. The van der Waals surface area contributed by atoms with Crippen molar-refractivity contribution >= 4 is 23.5 Å². The second kappa shape index (κ2) is 10.2. The van der Waals surface area contributed by atoms with Gasteiger partial charge in [0.2, 0.25) is 11.8 Å². The normalized spacial score (nSPS) is 24.9. The van der Waals surface area contributed by atoms with Crippen LogP contribution in [-0.4, -0.2) is 46.9 Å². The number of anilines is 1. The molecule has 2 aliphatic rings. The van der Waals surface area contributed by atoms with Gasteiger partial charge in [-0.1, -0.05) is 30.3 Å². The Labute approximate surface area is 194 Å². The molecule has 2 atom stereocenters. The van der Waals surface area contributed by atoms with Gasteiger partial charge in [0.25, 0.3) is 0 Å². The number of benzene rings is 2. The molecule has 1 saturated carbocycles. The van der Waals surface area contributed by atoms with E-state index in [9.17, 15) is 14.4 Å². The number of aromatic carboxylic acids is 1. The number of nitrogens with zero attached hydrogens (tertiary/aromatic N) is 1. The Balaban J connectivity index is 1.55. The van der Waals surface area contributed by atoms with Crippen molar-refractivity contribution in [3.8, 4) is 0 Å². The fraction of sp³-hybridized carbons (Fsp3) is 0.423. The van der Waals surface area contributed by atoms with Gasteiger partial charge in [-0.25, -0.2) is 4.79 Å². The van der Waals surface area contributed by atoms with Crippen LogP contribution in [0.15, 0.2) is 54.6 Å². The molecule has 0 radical (unpaired) electrons. The SMILES string of the molecule is NCC1CCC(C(=O)N2CC[C@@H](c3ccccc3)[C@H]2C(=O)Nc2ccc(C(=O)O)cc2)CC1. The lowest BCUT2D eigenvalue weighted by molar-refractivity contribution is -0.141. The first kappa shape index (κ1) is 23.0. The fourth-order valence-electron chi connectivity index (χ4n) is 5.21. The summed E-state index contributed by atoms with van der Waals surface area (Å²) in [5.41, 5.74) is 7.52. The summed E-state index contributed by atoms with van der Waals surface area (Å²) in [6, 6.07) is 15.3. The molecule has 2 amide bonds. The Morgan fingerprint density at radius 2 is 1.61 bits per heavy atom. The molecule has 0 unspecified atom stereocenters. The second-order valence-electron chi connectivity index (χ2n) is 9.11. The lowest BCUT2D eigenvalue weighted by atomic mass is 9.81. The maximum atomic E-state index is 13.5. The quantitative estimate of drug-likeness (QED) is 0.625. The topological polar surface area (TPSA) is 113 Å². The van der Waals surface area contributed by atoms with E-state index in [1.807, 2.05) is 30.3 Å². The molecule has 1 aliphatic heterocycles. The van der Waals surface area contributed by atoms with Crippen LogP contribution < -0.4 is 11.1 Å². The van der Waals surface area contributed by atoms with Gasteiger partial charge in [0.1, 0.15) is 6.04 Å². The minimum absolute atomic E-state index is 0.0604. The summed E-state index contributed by atoms with van der Waals surface area (Å²) in [6.45, 7) is 1.21. The number of hydrogen-bond donors (Lipinski definition) is 3. The Bertz CT molecular complexity index is 984. The molecule has 7 nitrogen and oxygen atoms in total. The average molecular weight is 450 g/mol. The van der Waals surface area contributed by atoms with E-state index in [2.05, 4.69) is 5.32 Å². The number of nitrogens with two attached hydrogens (primary N) is 1. The number of rotatable bonds is 6. The van der Waals surface area contributed by atoms with E-state index < -0.39 is 12.0 Å². The molecule has 33 heavy (non-hydrogen) atoms. The van der Waals surface area contributed by atoms with E-state index in [1.165, 1.54) is 12.1 Å². The summed E-state index contributed by atoms with van der Waals surface area (Å²) in [6.07, 6.45) is 4.27. The van der Waals surface area contributed by atoms with E-state index in [0.717, 1.165) is 37.7 Å². The molecule has 1 saturated heterocycles. The van der Waals surface area contributed by atoms with Crippen molar-refractivity contribution in [2.75, 3.05) is 18.4 Å². The highest BCUT2D eigenvalue weighted by Crippen LogP contribution is 2.37. The molecule has 174 valence electrons. The Morgan fingerprint density at radius 1 is 0.939 bits per heavy atom. The average Bonchev–Trinajstić information content (AvgIpc) is 3.30. The van der Waals surface area contributed by atoms with Crippen LogP contribution in [0.2, 0.25) is 0 Å². The lowest BCUT2D eigenvalue weighted by Gasteiger charge is -2.33. The maximum Gasteiger partial charge on any atom is 0.335 e. The predicted octanol–water partition coefficient (Wildman–Crippen LogP) is 3.47. The van der Waals surface area contributed by atoms with E-state index in [1.54, 1.807) is 17.0 Å². The monoisotopic (exact) mass is 449 g/mol. The molecule has 4 N–H and O–H groups in total. The molecule has 4 rings (SSSR count). The molecular formula is C26H31N3O4. The first-order valence-corrected chi connectivity index (χ1v) is 11.7. The van der Waals surface area contributed by atoms with Crippen molar-refractivity contribution < 1.29 is 19.5 Å². The standard InChI is InChI=1S/C26H31N3O4/c27-16-17-6-8-19(9-7-17)25(31)29-15-14-22(18-4-2-1-3-5-18)23(29)24(30)28-21-12-10-20(11-13-21)26(32)33/h1-5,10-13,17,19,22-23H,6-9,14-16,27H2,(H,28,30)(H,32,33)/t17?,19?,22-,23-/m0/s1. The highest BCUT2D eigenvalue weighted by Gasteiger charge is 2.44. The van der Waals surface area contributed by atoms with Crippen molar-refractivity contribution in [1.29, 1.82) is 0 Å². The summed E-state index contributed by atoms with van der Waals surface area (Å²) in [7, 11) is 0. The Hall–Kier alpha value is -3.19. The highest BCUT2D eigenvalue weighted by molar-refractivity contribution is 5.99. The van der Waals surface area contributed by atoms with Gasteiger partial charge in [-0.2, -0.15) is 0 Å². The van der Waals surface area contributed by atoms with Crippen molar-refractivity contribution in [3.05, 3.63) is 65.7 Å². The van der Waals surface area contributed by atoms with Crippen LogP contribution in [0.3, 0.4) is 0 Å². The number of likely N-dealkylation sites (tertiary alicyclic amines) is 1. The van der Waals surface area contributed by atoms with Gasteiger partial charge >= 0.3 is 5.97 Å². The lowest BCUT2D eigenvalue weighted by Crippen LogP contribution is -2.48. The number of amides is 2. The van der Waals surface area contributed by atoms with E-state index in [4.69, 9.17) is 10.8 Å². The molecule has 0 aromatic heterocycles. The third-order valence-electron chi connectivity index (χ3n) is 7.11. The maximum absolute atomic E-state index is 13.5. The predicted molar refractivity (Wildman–Crippen MR) is 126 cm³/mol. The second-order valence-corrected chi connectivity index (χ2v) is 9.11. The molecule has 2 aromatic rings. The molecule has 1 heterocycles. The molecule has 1 aliphatic carbocycles. The van der Waals surface area contributed by atoms with Crippen LogP contribution in [0.4, 0.5) is 5.69 Å². The molecule has 0 bridgehead atoms. The molecule has 2 aromatic carbocycles. The minimum Gasteiger partial charge on any atom is -0.478 e. The van der Waals surface area contributed by atoms with Gasteiger partial charge in [0.15, 0.2) is 0 Å². The number of hydrogen-bond acceptors (Lipinski definition) is 4. The number of nitrogens with one attached hydrogen (secondary N) is 1. The fourth-order valence-corrected chi connectivity index (χ4v) is 5.21. The first-order valence-electron chi connectivity index (χ1n) is 11.7. The van der Waals surface area contributed by atoms with Gasteiger partial charge < -0.3 is 21.1 Å². The highest BCUT2D eigenvalue weighted by atomic mass is 16.4. The van der Waals surface area contributed by atoms with Gasteiger partial charge in [-0.05, 0) is 74.4 Å². The Morgan fingerprint density at radius 3 is 2.21 bits per heavy atom. The summed E-state index contributed by atoms with van der Waals surface area (Å²) < 4.78 is 0. The van der Waals surface area contributed by atoms with Crippen molar-refractivity contribution in [2.45, 2.75) is 44.1 Å². The summed E-state index contributed by atoms with van der Waals surface area (Å²) in [5.74, 6) is -0.869. The zero-order chi connectivity index (χ0) is 23.4. The molecule has 2 fully saturated rings. The molecule has 7 heteroatoms. The van der Waals surface area contributed by atoms with Crippen molar-refractivity contribution in [3.63, 3.8) is 0 Å². The van der Waals surface area contributed by atoms with Gasteiger partial charge in [-0.15, -0.1) is 0 Å². The van der Waals surface area contributed by atoms with Crippen LogP contribution in [0.5, 0.6) is 0 Å². The van der Waals surface area contributed by atoms with Crippen LogP contribution in [0.1, 0.15) is 53.9 Å². The Kier molecular flexibility index (Phi) is 7.08. The zero-order valence-corrected chi connectivity index (χ0v) is 18.7. The minimum atomic E-state index is -1.02. The molecule has 0 spiro atoms. The number of carboxylic acid groups (broad SMARTS) is 1. The summed E-state index contributed by atoms with van der Waals surface area (Å²) >= 11 is 0. The third-order valence-corrected chi connectivity index (χ3v) is 7.11. The zero-order valence-electron chi connectivity index (χ0n) is 18.7. The van der Waals surface area contributed by atoms with Crippen LogP contribution in [0.25, 0.3) is 0 Å². The van der Waals surface area contributed by atoms with E-state index >= 15 is 0 Å². The summed E-state index contributed by atoms with van der Waals surface area (Å²) in [5, 5.41) is 12.0. The van der Waals surface area contributed by atoms with Gasteiger partial charge in [-0.3, -0.25) is 9.59 Å². The smallest absolute Gasteiger partial charge is 0.335 e. The van der Waals surface area contributed by atoms with E-state index in [0.29, 0.717) is 24.7 Å². The van der Waals surface area contributed by atoms with Crippen LogP contribution in [0, 0.1) is 11.8 Å². The van der Waals surface area contributed by atoms with Crippen molar-refractivity contribution in [1.82, 2.24) is 4.90 Å². The number of carbonyl (C=O) groups excluding carboxylic acids is 2. The molecular weight excluding hydrogens is 418 g/mol. The number of carboxylic acids is 1. The summed E-state index contributed by atoms with van der Waals surface area (Å²) in [4.78, 5) is 39.9. The van der Waals surface area contributed by atoms with E-state index in [-0.39, 0.29) is 29.2 Å². The first-order chi connectivity index (χ1) is 16.0.